The minimum atomic E-state index is -4.94. The molecule has 0 aliphatic rings. The van der Waals surface area contributed by atoms with E-state index in [2.05, 4.69) is 9.97 Å². The average Bonchev–Trinajstić information content (AvgIpc) is 2.88. The summed E-state index contributed by atoms with van der Waals surface area (Å²) in [7, 11) is -9.79. The molecule has 1 heterocycles. The number of anilines is 1. The Morgan fingerprint density at radius 1 is 1.07 bits per heavy atom. The van der Waals surface area contributed by atoms with Crippen LogP contribution in [-0.4, -0.2) is 68.5 Å². The van der Waals surface area contributed by atoms with E-state index in [1.165, 1.54) is 26.1 Å². The van der Waals surface area contributed by atoms with Crippen LogP contribution in [0.4, 0.5) is 18.9 Å². The minimum Gasteiger partial charge on any atom is -0.394 e. The SMILES string of the molecule is CCCS(=O)(=O)N(c1cc(F)c(F)c(C(=O)c2ccc3ncc(Cl)nc3c2)c1F)S(=O)(=O)CCC(C)OCCO. The van der Waals surface area contributed by atoms with Crippen molar-refractivity contribution < 1.29 is 44.6 Å². The summed E-state index contributed by atoms with van der Waals surface area (Å²) in [6.07, 6.45) is 0.101. The second-order valence-electron chi connectivity index (χ2n) is 8.63. The molecule has 16 heteroatoms. The number of sulfonamides is 2. The highest BCUT2D eigenvalue weighted by atomic mass is 35.5. The van der Waals surface area contributed by atoms with E-state index in [0.717, 1.165) is 12.1 Å². The molecule has 0 bridgehead atoms. The molecule has 0 radical (unpaired) electrons. The maximum atomic E-state index is 15.8. The fraction of sp³-hybridized carbons (Fsp3) is 0.375. The molecule has 0 fully saturated rings. The van der Waals surface area contributed by atoms with Gasteiger partial charge in [0, 0.05) is 11.6 Å². The molecule has 0 saturated heterocycles. The summed E-state index contributed by atoms with van der Waals surface area (Å²) in [5.74, 6) is -8.78. The predicted octanol–water partition coefficient (Wildman–Crippen LogP) is 3.60. The summed E-state index contributed by atoms with van der Waals surface area (Å²) in [5, 5.41) is 8.82. The molecule has 0 saturated carbocycles. The molecule has 218 valence electrons. The number of aromatic nitrogens is 2. The first kappa shape index (κ1) is 31.7. The molecule has 0 aliphatic carbocycles. The number of aliphatic hydroxyl groups is 1. The van der Waals surface area contributed by atoms with E-state index in [4.69, 9.17) is 21.4 Å². The van der Waals surface area contributed by atoms with Crippen molar-refractivity contribution in [3.63, 3.8) is 0 Å². The van der Waals surface area contributed by atoms with Crippen molar-refractivity contribution in [1.29, 1.82) is 0 Å². The van der Waals surface area contributed by atoms with E-state index in [1.54, 1.807) is 0 Å². The third-order valence-corrected chi connectivity index (χ3v) is 10.2. The van der Waals surface area contributed by atoms with Crippen LogP contribution in [0.15, 0.2) is 30.5 Å². The Morgan fingerprint density at radius 2 is 1.75 bits per heavy atom. The van der Waals surface area contributed by atoms with Crippen LogP contribution < -0.4 is 3.71 Å². The number of fused-ring (bicyclic) bond motifs is 1. The molecule has 0 aliphatic heterocycles. The van der Waals surface area contributed by atoms with E-state index in [1.807, 2.05) is 0 Å². The summed E-state index contributed by atoms with van der Waals surface area (Å²) in [4.78, 5) is 21.1. The van der Waals surface area contributed by atoms with Crippen LogP contribution in [0.1, 0.15) is 42.6 Å². The standard InChI is InChI=1S/C24H25ClF3N3O7S2/c1-3-9-39(34,35)31(40(36,37)10-6-14(2)38-8-7-32)19-12-16(26)22(27)21(23(19)28)24(33)15-4-5-17-18(11-15)30-20(25)13-29-17/h4-5,11-14,32H,3,6-10H2,1-2H3. The lowest BCUT2D eigenvalue weighted by atomic mass is 10.0. The van der Waals surface area contributed by atoms with Gasteiger partial charge in [0.2, 0.25) is 20.0 Å². The van der Waals surface area contributed by atoms with E-state index >= 15 is 4.39 Å². The number of nitrogens with zero attached hydrogens (tertiary/aromatic N) is 3. The molecule has 0 spiro atoms. The van der Waals surface area contributed by atoms with Gasteiger partial charge in [0.25, 0.3) is 0 Å². The van der Waals surface area contributed by atoms with E-state index in [0.29, 0.717) is 0 Å². The van der Waals surface area contributed by atoms with Crippen molar-refractivity contribution in [3.05, 3.63) is 64.2 Å². The van der Waals surface area contributed by atoms with Gasteiger partial charge in [-0.1, -0.05) is 18.5 Å². The maximum absolute atomic E-state index is 15.8. The number of carbonyl (C=O) groups excluding carboxylic acids is 1. The molecule has 3 aromatic rings. The van der Waals surface area contributed by atoms with Gasteiger partial charge in [0.1, 0.15) is 10.8 Å². The zero-order chi connectivity index (χ0) is 29.8. The first-order valence-corrected chi connectivity index (χ1v) is 15.5. The summed E-state index contributed by atoms with van der Waals surface area (Å²) in [6, 6.07) is 3.59. The number of hydrogen-bond donors (Lipinski definition) is 1. The summed E-state index contributed by atoms with van der Waals surface area (Å²) < 4.78 is 103. The van der Waals surface area contributed by atoms with Crippen molar-refractivity contribution >= 4 is 54.2 Å². The molecule has 1 atom stereocenters. The van der Waals surface area contributed by atoms with Crippen molar-refractivity contribution in [3.8, 4) is 0 Å². The normalized spacial score (nSPS) is 13.0. The average molecular weight is 624 g/mol. The molecule has 1 aromatic heterocycles. The quantitative estimate of drug-likeness (QED) is 0.223. The van der Waals surface area contributed by atoms with Gasteiger partial charge in [-0.15, -0.1) is 0 Å². The predicted molar refractivity (Wildman–Crippen MR) is 142 cm³/mol. The largest absolute Gasteiger partial charge is 0.394 e. The minimum absolute atomic E-state index is 0.0411. The third kappa shape index (κ3) is 6.89. The first-order chi connectivity index (χ1) is 18.7. The lowest BCUT2D eigenvalue weighted by Crippen LogP contribution is -2.41. The number of ether oxygens (including phenoxy) is 1. The zero-order valence-electron chi connectivity index (χ0n) is 21.3. The number of rotatable bonds is 13. The molecule has 1 unspecified atom stereocenters. The first-order valence-electron chi connectivity index (χ1n) is 11.9. The van der Waals surface area contributed by atoms with Crippen LogP contribution in [0, 0.1) is 17.5 Å². The van der Waals surface area contributed by atoms with Crippen LogP contribution in [0.3, 0.4) is 0 Å². The van der Waals surface area contributed by atoms with Gasteiger partial charge in [-0.3, -0.25) is 9.78 Å². The number of halogens is 4. The highest BCUT2D eigenvalue weighted by Gasteiger charge is 2.39. The molecule has 0 amide bonds. The van der Waals surface area contributed by atoms with Gasteiger partial charge >= 0.3 is 0 Å². The summed E-state index contributed by atoms with van der Waals surface area (Å²) in [5.41, 5.74) is -2.90. The van der Waals surface area contributed by atoms with Crippen LogP contribution in [0.25, 0.3) is 11.0 Å². The van der Waals surface area contributed by atoms with Crippen LogP contribution >= 0.6 is 11.6 Å². The number of benzene rings is 2. The van der Waals surface area contributed by atoms with Crippen LogP contribution in [-0.2, 0) is 24.8 Å². The van der Waals surface area contributed by atoms with Gasteiger partial charge in [-0.25, -0.2) is 35.0 Å². The van der Waals surface area contributed by atoms with Gasteiger partial charge in [0.05, 0.1) is 53.6 Å². The highest BCUT2D eigenvalue weighted by molar-refractivity contribution is 8.10. The van der Waals surface area contributed by atoms with Crippen molar-refractivity contribution in [2.24, 2.45) is 0 Å². The number of hydrogen-bond acceptors (Lipinski definition) is 9. The van der Waals surface area contributed by atoms with E-state index in [-0.39, 0.29) is 57.6 Å². The second kappa shape index (κ2) is 12.8. The Hall–Kier alpha value is -2.85. The Bertz CT molecular complexity index is 1640. The lowest BCUT2D eigenvalue weighted by Gasteiger charge is -2.25. The molecular weight excluding hydrogens is 599 g/mol. The van der Waals surface area contributed by atoms with Crippen molar-refractivity contribution in [1.82, 2.24) is 9.97 Å². The van der Waals surface area contributed by atoms with E-state index in [9.17, 15) is 30.4 Å². The molecule has 3 rings (SSSR count). The topological polar surface area (TPSA) is 144 Å². The summed E-state index contributed by atoms with van der Waals surface area (Å²) in [6.45, 7) is 2.42. The van der Waals surface area contributed by atoms with Crippen LogP contribution in [0.5, 0.6) is 0 Å². The van der Waals surface area contributed by atoms with Gasteiger partial charge in [0.15, 0.2) is 23.2 Å². The highest BCUT2D eigenvalue weighted by Crippen LogP contribution is 2.33. The van der Waals surface area contributed by atoms with Crippen molar-refractivity contribution in [2.75, 3.05) is 28.4 Å². The smallest absolute Gasteiger partial charge is 0.248 e. The van der Waals surface area contributed by atoms with Gasteiger partial charge < -0.3 is 9.84 Å². The zero-order valence-corrected chi connectivity index (χ0v) is 23.7. The fourth-order valence-corrected chi connectivity index (χ4v) is 8.06. The molecule has 40 heavy (non-hydrogen) atoms. The Morgan fingerprint density at radius 3 is 2.40 bits per heavy atom. The van der Waals surface area contributed by atoms with Gasteiger partial charge in [-0.2, -0.15) is 3.71 Å². The van der Waals surface area contributed by atoms with Crippen LogP contribution in [0.2, 0.25) is 5.15 Å². The number of carbonyl (C=O) groups is 1. The van der Waals surface area contributed by atoms with Gasteiger partial charge in [-0.05, 0) is 38.0 Å². The molecular formula is C24H25ClF3N3O7S2. The second-order valence-corrected chi connectivity index (χ2v) is 13.1. The Labute approximate surface area is 233 Å². The van der Waals surface area contributed by atoms with E-state index < -0.39 is 72.1 Å². The monoisotopic (exact) mass is 623 g/mol. The number of aliphatic hydroxyl groups excluding tert-OH is 1. The fourth-order valence-electron chi connectivity index (χ4n) is 3.75. The molecule has 1 N–H and O–H groups in total. The molecule has 2 aromatic carbocycles. The number of ketones is 1. The molecule has 10 nitrogen and oxygen atoms in total. The lowest BCUT2D eigenvalue weighted by molar-refractivity contribution is 0.0378. The third-order valence-electron chi connectivity index (χ3n) is 5.58. The van der Waals surface area contributed by atoms with Crippen molar-refractivity contribution in [2.45, 2.75) is 32.8 Å². The maximum Gasteiger partial charge on any atom is 0.248 e. The Balaban J connectivity index is 2.17. The Kier molecular flexibility index (Phi) is 10.1. The summed E-state index contributed by atoms with van der Waals surface area (Å²) >= 11 is 5.81.